The number of aliphatic hydroxyl groups excluding tert-OH is 23. The van der Waals surface area contributed by atoms with Crippen molar-refractivity contribution in [2.24, 2.45) is 0 Å². The summed E-state index contributed by atoms with van der Waals surface area (Å²) in [6, 6.07) is 0. The molecule has 6 fully saturated rings. The fraction of sp³-hybridized carbons (Fsp3) is 0.944. The molecule has 424 valence electrons. The van der Waals surface area contributed by atoms with Gasteiger partial charge in [-0.25, -0.2) is 0 Å². The third kappa shape index (κ3) is 16.2. The van der Waals surface area contributed by atoms with Gasteiger partial charge in [-0.1, -0.05) is 0 Å². The predicted octanol–water partition coefficient (Wildman–Crippen LogP) is -17.1. The summed E-state index contributed by atoms with van der Waals surface area (Å²) in [4.78, 5) is 32.5. The highest BCUT2D eigenvalue weighted by Crippen LogP contribution is 2.37. The highest BCUT2D eigenvalue weighted by molar-refractivity contribution is 5.20. The number of rotatable bonds is 11. The Bertz CT molecular complexity index is 1570. The molecule has 0 spiro atoms. The van der Waals surface area contributed by atoms with Gasteiger partial charge in [-0.15, -0.1) is 0 Å². The van der Waals surface area contributed by atoms with Gasteiger partial charge >= 0.3 is 12.3 Å². The van der Waals surface area contributed by atoms with Gasteiger partial charge in [0.15, 0.2) is 18.9 Å². The van der Waals surface area contributed by atoms with Crippen molar-refractivity contribution in [3.63, 3.8) is 0 Å². The molecule has 6 rings (SSSR count). The average molecular weight is 1070 g/mol. The van der Waals surface area contributed by atoms with Crippen molar-refractivity contribution < 1.29 is 180 Å². The van der Waals surface area contributed by atoms with E-state index in [9.17, 15) is 66.4 Å². The first-order chi connectivity index (χ1) is 33.7. The van der Waals surface area contributed by atoms with Crippen LogP contribution in [0, 0.1) is 0 Å². The maximum absolute atomic E-state index is 10.00. The van der Waals surface area contributed by atoms with Crippen LogP contribution in [0.15, 0.2) is 0 Å². The molecule has 6 aliphatic rings. The number of hydrogen-bond acceptors (Lipinski definition) is 36. The Kier molecular flexibility index (Phi) is 29.0. The van der Waals surface area contributed by atoms with Gasteiger partial charge in [0, 0.05) is 0 Å². The molecule has 6 saturated heterocycles. The van der Waals surface area contributed by atoms with E-state index in [0.717, 1.165) is 0 Å². The van der Waals surface area contributed by atoms with E-state index in [1.54, 1.807) is 0 Å². The van der Waals surface area contributed by atoms with E-state index in [1.807, 2.05) is 0 Å². The van der Waals surface area contributed by atoms with Crippen molar-refractivity contribution >= 4 is 12.3 Å². The first kappa shape index (κ1) is 67.5. The normalized spacial score (nSPS) is 46.4. The topological polar surface area (TPSA) is 628 Å². The first-order valence-corrected chi connectivity index (χ1v) is 20.8. The summed E-state index contributed by atoms with van der Waals surface area (Å²) in [7, 11) is 0. The van der Waals surface area contributed by atoms with E-state index < -0.39 is 198 Å². The molecule has 6 heterocycles. The van der Waals surface area contributed by atoms with Gasteiger partial charge in [0.05, 0.1) is 46.2 Å². The molecule has 24 N–H and O–H groups in total. The molecule has 25 atom stereocenters. The van der Waals surface area contributed by atoms with E-state index in [1.165, 1.54) is 0 Å². The van der Waals surface area contributed by atoms with E-state index >= 15 is 0 Å². The van der Waals surface area contributed by atoms with Gasteiger partial charge in [0.1, 0.15) is 129 Å². The number of hydrogen-bond donors (Lipinski definition) is 24. The van der Waals surface area contributed by atoms with Crippen molar-refractivity contribution in [2.75, 3.05) is 59.5 Å². The molecule has 0 aromatic rings. The van der Waals surface area contributed by atoms with Crippen molar-refractivity contribution in [1.82, 2.24) is 0 Å². The van der Waals surface area contributed by atoms with E-state index in [-0.39, 0.29) is 25.5 Å². The molecule has 0 aliphatic carbocycles. The summed E-state index contributed by atoms with van der Waals surface area (Å²) in [5.74, 6) is -6.51. The lowest BCUT2D eigenvalue weighted by molar-refractivity contribution is -0.383. The van der Waals surface area contributed by atoms with Gasteiger partial charge in [0.25, 0.3) is 0 Å². The van der Waals surface area contributed by atoms with Gasteiger partial charge < -0.3 is 160 Å². The van der Waals surface area contributed by atoms with E-state index in [0.29, 0.717) is 0 Å². The van der Waals surface area contributed by atoms with Gasteiger partial charge in [-0.2, -0.15) is 19.2 Å². The molecule has 6 aliphatic heterocycles. The summed E-state index contributed by atoms with van der Waals surface area (Å²) in [5.41, 5.74) is 0. The molecule has 0 aromatic carbocycles. The summed E-state index contributed by atoms with van der Waals surface area (Å²) < 4.78 is 39.9. The maximum atomic E-state index is 10.00. The summed E-state index contributed by atoms with van der Waals surface area (Å²) in [6.45, 7) is -5.70. The molecule has 0 unspecified atom stereocenters. The number of ether oxygens (including phenoxy) is 8. The molecule has 36 heteroatoms. The Morgan fingerprint density at radius 3 is 1.11 bits per heavy atom. The fourth-order valence-corrected chi connectivity index (χ4v) is 6.92. The maximum Gasteiger partial charge on any atom is 0.373 e. The monoisotopic (exact) mass is 1070 g/mol. The van der Waals surface area contributed by atoms with E-state index in [2.05, 4.69) is 9.47 Å². The van der Waals surface area contributed by atoms with Crippen LogP contribution >= 0.6 is 0 Å². The lowest BCUT2D eigenvalue weighted by Crippen LogP contribution is -2.62. The van der Waals surface area contributed by atoms with Crippen LogP contribution in [0.2, 0.25) is 0 Å². The van der Waals surface area contributed by atoms with Gasteiger partial charge in [-0.3, -0.25) is 0 Å². The van der Waals surface area contributed by atoms with Crippen molar-refractivity contribution in [1.29, 1.82) is 0 Å². The minimum atomic E-state index is -2.22. The standard InChI is InChI=1S/C12H22O11.C11H20O10.C6H12O6.C5H10O5.2CO2/c13-1-4-6(16)8(18)9(19)11(21-4)23-12(3-15)10(20)7(17)5(2-14)22-12;12-1-5-7(16)9(18)11(3-13,20-5)21-10-8(17)6(15)4(14)2-19-10;7-1-3-4(9)5(10)6(11,2-8)12-3;6-2-1-10-5(9)4(8)3(2)7;2*2-1-3/h4-11,13-20H,1-3H2;4-10,12-18H,1-3H2;3-5,7-11H,1-2H2;2-9H,1H2;;/t4-,5-,6-,7-,8+,9-,10+,11-,12+;4-,5-,6+,7-,8-,9+,10-,11+;3-,4-,5+,6-;2-,3+,4-,5+;;/m1111../s1. The van der Waals surface area contributed by atoms with Crippen LogP contribution in [0.25, 0.3) is 0 Å². The van der Waals surface area contributed by atoms with Gasteiger partial charge in [-0.05, 0) is 0 Å². The zero-order chi connectivity index (χ0) is 55.6. The minimum Gasteiger partial charge on any atom is -0.394 e. The summed E-state index contributed by atoms with van der Waals surface area (Å²) in [6.07, 6.45) is -31.9. The summed E-state index contributed by atoms with van der Waals surface area (Å²) >= 11 is 0. The van der Waals surface area contributed by atoms with Crippen molar-refractivity contribution in [3.05, 3.63) is 0 Å². The molecule has 0 aromatic heterocycles. The van der Waals surface area contributed by atoms with Crippen molar-refractivity contribution in [3.8, 4) is 0 Å². The molecule has 36 nitrogen and oxygen atoms in total. The van der Waals surface area contributed by atoms with Crippen LogP contribution in [-0.4, -0.2) is 347 Å². The highest BCUT2D eigenvalue weighted by Gasteiger charge is 2.60. The zero-order valence-corrected chi connectivity index (χ0v) is 37.2. The third-order valence-corrected chi connectivity index (χ3v) is 11.1. The molecule has 0 bridgehead atoms. The minimum absolute atomic E-state index is 0.153. The molecule has 0 amide bonds. The number of carbonyl (C=O) groups excluding carboxylic acids is 4. The molecule has 0 saturated carbocycles. The second-order valence-electron chi connectivity index (χ2n) is 15.9. The zero-order valence-electron chi connectivity index (χ0n) is 37.2. The first-order valence-electron chi connectivity index (χ1n) is 20.8. The smallest absolute Gasteiger partial charge is 0.373 e. The van der Waals surface area contributed by atoms with Crippen LogP contribution in [0.5, 0.6) is 0 Å². The quantitative estimate of drug-likeness (QED) is 0.0913. The fourth-order valence-electron chi connectivity index (χ4n) is 6.92. The Morgan fingerprint density at radius 2 is 0.764 bits per heavy atom. The summed E-state index contributed by atoms with van der Waals surface area (Å²) in [5, 5.41) is 223. The van der Waals surface area contributed by atoms with Crippen LogP contribution in [0.4, 0.5) is 0 Å². The average Bonchev–Trinajstić information content (AvgIpc) is 3.87. The lowest BCUT2D eigenvalue weighted by Gasteiger charge is -2.43. The molecule has 0 radical (unpaired) electrons. The molecular formula is C36H64O36. The lowest BCUT2D eigenvalue weighted by atomic mass is 9.99. The van der Waals surface area contributed by atoms with Crippen molar-refractivity contribution in [2.45, 2.75) is 152 Å². The SMILES string of the molecule is O=C=O.O=C=O.OC[C@H]1O[C@@](CO)(O[C@H]2OC[C@@H](O)[C@H](O)[C@H]2O)[C@@H](O)[C@@H]1O.OC[C@H]1O[C@@](CO)(O[C@H]2O[C@H](CO)[C@@H](O)[C@H](O)[C@H]2O)[C@@H](O)[C@@H]1O.OC[C@H]1O[C@](O)(CO)[C@@H](O)[C@@H]1O.O[C@@H]1[C@@H](O)[C@@H](O)OC[C@H]1O. The Labute approximate surface area is 403 Å². The number of aliphatic hydroxyl groups is 24. The second kappa shape index (κ2) is 30.9. The van der Waals surface area contributed by atoms with Crippen LogP contribution < -0.4 is 0 Å². The van der Waals surface area contributed by atoms with Crippen LogP contribution in [-0.2, 0) is 57.1 Å². The Morgan fingerprint density at radius 1 is 0.403 bits per heavy atom. The predicted molar refractivity (Wildman–Crippen MR) is 207 cm³/mol. The Balaban J connectivity index is 0.000000483. The Hall–Kier alpha value is -2.52. The van der Waals surface area contributed by atoms with E-state index in [4.69, 9.17) is 104 Å². The van der Waals surface area contributed by atoms with Gasteiger partial charge in [0.2, 0.25) is 17.4 Å². The molecule has 72 heavy (non-hydrogen) atoms. The van der Waals surface area contributed by atoms with Crippen LogP contribution in [0.3, 0.4) is 0 Å². The second-order valence-corrected chi connectivity index (χ2v) is 15.9. The molecular weight excluding hydrogens is 1010 g/mol. The largest absolute Gasteiger partial charge is 0.394 e. The highest BCUT2D eigenvalue weighted by atomic mass is 16.8. The third-order valence-electron chi connectivity index (χ3n) is 11.1. The van der Waals surface area contributed by atoms with Crippen LogP contribution in [0.1, 0.15) is 0 Å².